The second-order valence-electron chi connectivity index (χ2n) is 4.47. The fraction of sp³-hybridized carbons (Fsp3) is 0.583. The van der Waals surface area contributed by atoms with Crippen LogP contribution in [0.15, 0.2) is 12.3 Å². The van der Waals surface area contributed by atoms with Crippen LogP contribution < -0.4 is 10.2 Å². The smallest absolute Gasteiger partial charge is 0.168 e. The summed E-state index contributed by atoms with van der Waals surface area (Å²) in [5.41, 5.74) is 0. The lowest BCUT2D eigenvalue weighted by Crippen LogP contribution is -2.46. The van der Waals surface area contributed by atoms with Gasteiger partial charge in [-0.25, -0.2) is 13.8 Å². The number of rotatable bonds is 4. The molecule has 0 amide bonds. The first-order chi connectivity index (χ1) is 8.66. The van der Waals surface area contributed by atoms with Crippen molar-refractivity contribution in [3.05, 3.63) is 23.9 Å². The number of halogens is 2. The van der Waals surface area contributed by atoms with Crippen LogP contribution in [-0.2, 0) is 0 Å². The number of hydrogen-bond donors (Lipinski definition) is 1. The lowest BCUT2D eigenvalue weighted by molar-refractivity contribution is 0.246. The molecule has 1 aliphatic heterocycles. The van der Waals surface area contributed by atoms with E-state index in [4.69, 9.17) is 0 Å². The van der Waals surface area contributed by atoms with Gasteiger partial charge in [-0.2, -0.15) is 0 Å². The number of nitrogens with one attached hydrogen (secondary N) is 1. The van der Waals surface area contributed by atoms with E-state index in [0.29, 0.717) is 6.54 Å². The maximum Gasteiger partial charge on any atom is 0.168 e. The van der Waals surface area contributed by atoms with Crippen molar-refractivity contribution in [1.29, 1.82) is 0 Å². The van der Waals surface area contributed by atoms with Gasteiger partial charge >= 0.3 is 0 Å². The Morgan fingerprint density at radius 1 is 1.39 bits per heavy atom. The number of hydrogen-bond acceptors (Lipinski definition) is 4. The number of nitrogens with zero attached hydrogens (tertiary/aromatic N) is 3. The molecular formula is C12H18F2N4. The highest BCUT2D eigenvalue weighted by molar-refractivity contribution is 5.38. The van der Waals surface area contributed by atoms with Gasteiger partial charge in [0.2, 0.25) is 0 Å². The first-order valence-electron chi connectivity index (χ1n) is 6.12. The second-order valence-corrected chi connectivity index (χ2v) is 4.47. The summed E-state index contributed by atoms with van der Waals surface area (Å²) in [4.78, 5) is 7.82. The summed E-state index contributed by atoms with van der Waals surface area (Å²) in [6.45, 7) is 5.53. The Kier molecular flexibility index (Phi) is 4.43. The zero-order chi connectivity index (χ0) is 13.0. The summed E-state index contributed by atoms with van der Waals surface area (Å²) in [5, 5.41) is 3.28. The van der Waals surface area contributed by atoms with Crippen molar-refractivity contribution in [1.82, 2.24) is 15.2 Å². The van der Waals surface area contributed by atoms with E-state index in [1.807, 2.05) is 0 Å². The van der Waals surface area contributed by atoms with Gasteiger partial charge < -0.3 is 10.2 Å². The fourth-order valence-corrected chi connectivity index (χ4v) is 2.02. The fourth-order valence-electron chi connectivity index (χ4n) is 2.02. The topological polar surface area (TPSA) is 31.4 Å². The number of anilines is 1. The summed E-state index contributed by atoms with van der Waals surface area (Å²) in [7, 11) is 1.77. The molecule has 0 unspecified atom stereocenters. The average Bonchev–Trinajstić information content (AvgIpc) is 2.37. The largest absolute Gasteiger partial charge is 0.356 e. The van der Waals surface area contributed by atoms with Crippen molar-refractivity contribution in [2.24, 2.45) is 0 Å². The summed E-state index contributed by atoms with van der Waals surface area (Å²) < 4.78 is 26.3. The molecule has 0 spiro atoms. The van der Waals surface area contributed by atoms with E-state index in [1.165, 1.54) is 0 Å². The van der Waals surface area contributed by atoms with E-state index in [9.17, 15) is 8.78 Å². The lowest BCUT2D eigenvalue weighted by Gasteiger charge is -2.29. The maximum absolute atomic E-state index is 13.5. The monoisotopic (exact) mass is 256 g/mol. The van der Waals surface area contributed by atoms with E-state index in [2.05, 4.69) is 15.2 Å². The third-order valence-electron chi connectivity index (χ3n) is 3.11. The summed E-state index contributed by atoms with van der Waals surface area (Å²) in [6, 6.07) is 0.865. The van der Waals surface area contributed by atoms with Crippen LogP contribution in [0.4, 0.5) is 14.6 Å². The predicted octanol–water partition coefficient (Wildman–Crippen LogP) is 0.701. The van der Waals surface area contributed by atoms with E-state index in [1.54, 1.807) is 11.9 Å². The molecule has 1 saturated heterocycles. The normalized spacial score (nSPS) is 16.8. The molecule has 1 N–H and O–H groups in total. The average molecular weight is 256 g/mol. The van der Waals surface area contributed by atoms with Crippen LogP contribution in [0.1, 0.15) is 0 Å². The minimum Gasteiger partial charge on any atom is -0.356 e. The molecule has 1 aliphatic rings. The summed E-state index contributed by atoms with van der Waals surface area (Å²) in [6.07, 6.45) is 1.04. The van der Waals surface area contributed by atoms with Crippen LogP contribution >= 0.6 is 0 Å². The first-order valence-corrected chi connectivity index (χ1v) is 6.12. The highest BCUT2D eigenvalue weighted by Crippen LogP contribution is 2.14. The molecule has 0 atom stereocenters. The Labute approximate surface area is 106 Å². The Morgan fingerprint density at radius 3 is 2.78 bits per heavy atom. The molecule has 0 aromatic carbocycles. The molecule has 6 heteroatoms. The van der Waals surface area contributed by atoms with E-state index in [-0.39, 0.29) is 5.82 Å². The summed E-state index contributed by atoms with van der Waals surface area (Å²) in [5.74, 6) is -1.06. The van der Waals surface area contributed by atoms with Crippen LogP contribution in [0.25, 0.3) is 0 Å². The van der Waals surface area contributed by atoms with Crippen LogP contribution in [0, 0.1) is 11.6 Å². The van der Waals surface area contributed by atoms with Crippen LogP contribution in [0.5, 0.6) is 0 Å². The first kappa shape index (κ1) is 13.2. The van der Waals surface area contributed by atoms with Gasteiger partial charge in [0, 0.05) is 52.4 Å². The third-order valence-corrected chi connectivity index (χ3v) is 3.11. The molecule has 0 saturated carbocycles. The zero-order valence-corrected chi connectivity index (χ0v) is 10.5. The highest BCUT2D eigenvalue weighted by atomic mass is 19.1. The van der Waals surface area contributed by atoms with Gasteiger partial charge in [0.25, 0.3) is 0 Å². The van der Waals surface area contributed by atoms with Crippen molar-refractivity contribution in [2.75, 3.05) is 51.2 Å². The minimum atomic E-state index is -0.647. The molecular weight excluding hydrogens is 238 g/mol. The molecule has 1 aromatic rings. The summed E-state index contributed by atoms with van der Waals surface area (Å²) >= 11 is 0. The molecule has 1 fully saturated rings. The van der Waals surface area contributed by atoms with E-state index in [0.717, 1.165) is 45.0 Å². The number of pyridine rings is 1. The Bertz CT molecular complexity index is 394. The van der Waals surface area contributed by atoms with E-state index >= 15 is 0 Å². The number of aromatic nitrogens is 1. The molecule has 2 heterocycles. The van der Waals surface area contributed by atoms with E-state index < -0.39 is 11.6 Å². The Morgan fingerprint density at radius 2 is 2.11 bits per heavy atom. The van der Waals surface area contributed by atoms with Crippen molar-refractivity contribution in [3.8, 4) is 0 Å². The van der Waals surface area contributed by atoms with Gasteiger partial charge in [0.15, 0.2) is 11.6 Å². The molecule has 100 valence electrons. The molecule has 0 bridgehead atoms. The maximum atomic E-state index is 13.5. The van der Waals surface area contributed by atoms with Crippen LogP contribution in [0.2, 0.25) is 0 Å². The van der Waals surface area contributed by atoms with Crippen LogP contribution in [0.3, 0.4) is 0 Å². The molecule has 0 radical (unpaired) electrons. The SMILES string of the molecule is CN(CCN1CCNCC1)c1ncc(F)cc1F. The number of piperazine rings is 1. The van der Waals surface area contributed by atoms with Gasteiger partial charge in [-0.1, -0.05) is 0 Å². The predicted molar refractivity (Wildman–Crippen MR) is 66.7 cm³/mol. The Balaban J connectivity index is 1.88. The molecule has 4 nitrogen and oxygen atoms in total. The highest BCUT2D eigenvalue weighted by Gasteiger charge is 2.13. The van der Waals surface area contributed by atoms with Gasteiger partial charge in [0.1, 0.15) is 5.82 Å². The van der Waals surface area contributed by atoms with Gasteiger partial charge in [0.05, 0.1) is 6.20 Å². The van der Waals surface area contributed by atoms with Gasteiger partial charge in [-0.15, -0.1) is 0 Å². The van der Waals surface area contributed by atoms with Crippen molar-refractivity contribution in [2.45, 2.75) is 0 Å². The second kappa shape index (κ2) is 6.06. The molecule has 1 aromatic heterocycles. The third kappa shape index (κ3) is 3.36. The van der Waals surface area contributed by atoms with Crippen molar-refractivity contribution >= 4 is 5.82 Å². The number of likely N-dealkylation sites (N-methyl/N-ethyl adjacent to an activating group) is 1. The lowest BCUT2D eigenvalue weighted by atomic mass is 10.3. The molecule has 2 rings (SSSR count). The molecule has 18 heavy (non-hydrogen) atoms. The van der Waals surface area contributed by atoms with Crippen molar-refractivity contribution in [3.63, 3.8) is 0 Å². The van der Waals surface area contributed by atoms with Gasteiger partial charge in [-0.05, 0) is 0 Å². The Hall–Kier alpha value is -1.27. The quantitative estimate of drug-likeness (QED) is 0.859. The zero-order valence-electron chi connectivity index (χ0n) is 10.5. The van der Waals surface area contributed by atoms with Gasteiger partial charge in [-0.3, -0.25) is 4.90 Å². The molecule has 0 aliphatic carbocycles. The van der Waals surface area contributed by atoms with Crippen molar-refractivity contribution < 1.29 is 8.78 Å². The minimum absolute atomic E-state index is 0.200. The standard InChI is InChI=1S/C12H18F2N4/c1-17(6-7-18-4-2-15-3-5-18)12-11(14)8-10(13)9-16-12/h8-9,15H,2-7H2,1H3. The van der Waals surface area contributed by atoms with Crippen LogP contribution in [-0.4, -0.2) is 56.2 Å².